The number of hydrogen-bond donors (Lipinski definition) is 0. The summed E-state index contributed by atoms with van der Waals surface area (Å²) in [5, 5.41) is 0. The van der Waals surface area contributed by atoms with Gasteiger partial charge in [0.25, 0.3) is 0 Å². The van der Waals surface area contributed by atoms with Crippen LogP contribution in [0.1, 0.15) is 74.1 Å². The molecule has 0 aromatic carbocycles. The summed E-state index contributed by atoms with van der Waals surface area (Å²) in [5.74, 6) is -0.775. The quantitative estimate of drug-likeness (QED) is 0.608. The van der Waals surface area contributed by atoms with Crippen LogP contribution >= 0.6 is 0 Å². The van der Waals surface area contributed by atoms with Crippen LogP contribution in [0, 0.1) is 22.7 Å². The lowest BCUT2D eigenvalue weighted by Crippen LogP contribution is -2.45. The number of Topliss-reactive ketones (excluding diaryl/α,β-unsaturated/α-hetero) is 1. The van der Waals surface area contributed by atoms with Gasteiger partial charge in [-0.1, -0.05) is 33.8 Å². The Morgan fingerprint density at radius 3 is 2.50 bits per heavy atom. The second-order valence-corrected chi connectivity index (χ2v) is 11.0. The summed E-state index contributed by atoms with van der Waals surface area (Å²) in [6.45, 7) is 14.6. The molecule has 0 aromatic rings. The molecule has 5 atom stereocenters. The molecule has 5 heteroatoms. The first kappa shape index (κ1) is 21.8. The van der Waals surface area contributed by atoms with E-state index in [1.807, 2.05) is 13.8 Å². The maximum atomic E-state index is 13.6. The van der Waals surface area contributed by atoms with E-state index >= 15 is 0 Å². The molecule has 1 heterocycles. The van der Waals surface area contributed by atoms with Gasteiger partial charge in [-0.3, -0.25) is 9.59 Å². The van der Waals surface area contributed by atoms with Gasteiger partial charge < -0.3 is 14.2 Å². The highest BCUT2D eigenvalue weighted by Gasteiger charge is 2.59. The van der Waals surface area contributed by atoms with E-state index < -0.39 is 11.9 Å². The van der Waals surface area contributed by atoms with Gasteiger partial charge in [-0.2, -0.15) is 0 Å². The monoisotopic (exact) mass is 416 g/mol. The maximum Gasteiger partial charge on any atom is 0.303 e. The Hall–Kier alpha value is -1.46. The Bertz CT molecular complexity index is 834. The lowest BCUT2D eigenvalue weighted by molar-refractivity contribution is -0.255. The summed E-state index contributed by atoms with van der Waals surface area (Å²) in [5.41, 5.74) is 2.94. The highest BCUT2D eigenvalue weighted by atomic mass is 16.7. The average Bonchev–Trinajstić information content (AvgIpc) is 2.75. The third kappa shape index (κ3) is 3.29. The molecule has 4 rings (SSSR count). The van der Waals surface area contributed by atoms with E-state index in [1.165, 1.54) is 18.1 Å². The largest absolute Gasteiger partial charge is 0.454 e. The van der Waals surface area contributed by atoms with E-state index in [4.69, 9.17) is 14.2 Å². The number of carbonyl (C=O) groups is 2. The molecule has 3 aliphatic carbocycles. The second kappa shape index (κ2) is 7.03. The zero-order chi connectivity index (χ0) is 22.1. The van der Waals surface area contributed by atoms with Crippen LogP contribution in [0.3, 0.4) is 0 Å². The van der Waals surface area contributed by atoms with Crippen molar-refractivity contribution in [2.45, 2.75) is 92.1 Å². The van der Waals surface area contributed by atoms with Gasteiger partial charge in [-0.05, 0) is 62.0 Å². The Morgan fingerprint density at radius 2 is 1.87 bits per heavy atom. The lowest BCUT2D eigenvalue weighted by Gasteiger charge is -2.46. The number of esters is 1. The van der Waals surface area contributed by atoms with Crippen molar-refractivity contribution in [2.75, 3.05) is 6.61 Å². The van der Waals surface area contributed by atoms with Crippen molar-refractivity contribution in [3.8, 4) is 0 Å². The topological polar surface area (TPSA) is 61.8 Å². The Kier molecular flexibility index (Phi) is 5.10. The van der Waals surface area contributed by atoms with Crippen molar-refractivity contribution in [1.29, 1.82) is 0 Å². The zero-order valence-electron chi connectivity index (χ0n) is 19.5. The van der Waals surface area contributed by atoms with Crippen molar-refractivity contribution in [3.05, 3.63) is 22.8 Å². The smallest absolute Gasteiger partial charge is 0.303 e. The molecule has 30 heavy (non-hydrogen) atoms. The van der Waals surface area contributed by atoms with Crippen molar-refractivity contribution >= 4 is 11.8 Å². The van der Waals surface area contributed by atoms with Gasteiger partial charge in [0.15, 0.2) is 17.7 Å². The second-order valence-electron chi connectivity index (χ2n) is 11.0. The minimum atomic E-state index is -0.689. The third-order valence-corrected chi connectivity index (χ3v) is 8.04. The van der Waals surface area contributed by atoms with E-state index in [0.29, 0.717) is 6.61 Å². The van der Waals surface area contributed by atoms with E-state index in [-0.39, 0.29) is 40.5 Å². The first-order valence-corrected chi connectivity index (χ1v) is 11.4. The van der Waals surface area contributed by atoms with E-state index in [2.05, 4.69) is 33.8 Å². The molecular formula is C25H36O5. The molecule has 0 unspecified atom stereocenters. The van der Waals surface area contributed by atoms with Crippen molar-refractivity contribution in [2.24, 2.45) is 22.7 Å². The molecule has 2 fully saturated rings. The number of allylic oxidation sites excluding steroid dienone is 2. The van der Waals surface area contributed by atoms with Crippen LogP contribution in [0.2, 0.25) is 0 Å². The normalized spacial score (nSPS) is 40.3. The van der Waals surface area contributed by atoms with Crippen molar-refractivity contribution in [1.82, 2.24) is 0 Å². The first-order chi connectivity index (χ1) is 13.9. The molecule has 5 nitrogen and oxygen atoms in total. The van der Waals surface area contributed by atoms with Crippen LogP contribution in [0.5, 0.6) is 0 Å². The minimum Gasteiger partial charge on any atom is -0.454 e. The lowest BCUT2D eigenvalue weighted by atomic mass is 9.65. The number of hydrogen-bond acceptors (Lipinski definition) is 5. The molecule has 1 saturated carbocycles. The van der Waals surface area contributed by atoms with Crippen molar-refractivity contribution in [3.63, 3.8) is 0 Å². The summed E-state index contributed by atoms with van der Waals surface area (Å²) in [6, 6.07) is 0. The predicted molar refractivity (Wildman–Crippen MR) is 114 cm³/mol. The number of rotatable bonds is 2. The molecule has 0 bridgehead atoms. The van der Waals surface area contributed by atoms with Crippen LogP contribution in [-0.4, -0.2) is 36.4 Å². The highest BCUT2D eigenvalue weighted by molar-refractivity contribution is 6.04. The van der Waals surface area contributed by atoms with Crippen LogP contribution in [0.15, 0.2) is 22.8 Å². The standard InChI is InChI=1S/C25H36O5/c1-14(2)20-22(29-15(3)26)21(27)18-12-17-16-13-28-23(4,5)30-19(16)8-9-24(17,6)10-11-25(18,20)7/h12,14,19-20,22H,8-11,13H2,1-7H3/t19-,20+,22+,24+,25+/m1/s1. The fourth-order valence-electron chi connectivity index (χ4n) is 6.49. The Balaban J connectivity index is 1.84. The summed E-state index contributed by atoms with van der Waals surface area (Å²) in [4.78, 5) is 25.3. The molecular weight excluding hydrogens is 380 g/mol. The number of carbonyl (C=O) groups excluding carboxylic acids is 2. The van der Waals surface area contributed by atoms with E-state index in [9.17, 15) is 9.59 Å². The summed E-state index contributed by atoms with van der Waals surface area (Å²) >= 11 is 0. The van der Waals surface area contributed by atoms with Crippen molar-refractivity contribution < 1.29 is 23.8 Å². The van der Waals surface area contributed by atoms with Crippen LogP contribution in [0.4, 0.5) is 0 Å². The average molecular weight is 417 g/mol. The summed E-state index contributed by atoms with van der Waals surface area (Å²) < 4.78 is 17.8. The number of fused-ring (bicyclic) bond motifs is 3. The Morgan fingerprint density at radius 1 is 1.17 bits per heavy atom. The number of ether oxygens (including phenoxy) is 3. The summed E-state index contributed by atoms with van der Waals surface area (Å²) in [7, 11) is 0. The van der Waals surface area contributed by atoms with Gasteiger partial charge in [-0.15, -0.1) is 0 Å². The van der Waals surface area contributed by atoms with Gasteiger partial charge in [0.2, 0.25) is 0 Å². The molecule has 1 aliphatic heterocycles. The van der Waals surface area contributed by atoms with Gasteiger partial charge in [0.05, 0.1) is 12.7 Å². The molecule has 1 saturated heterocycles. The minimum absolute atomic E-state index is 0.0110. The molecule has 0 radical (unpaired) electrons. The van der Waals surface area contributed by atoms with E-state index in [1.54, 1.807) is 0 Å². The molecule has 0 spiro atoms. The molecule has 4 aliphatic rings. The number of ketones is 1. The van der Waals surface area contributed by atoms with Crippen LogP contribution < -0.4 is 0 Å². The SMILES string of the molecule is CC(=O)O[C@@H]1C(=O)C2=CC3=C4COC(C)(C)O[C@@H]4CC[C@@]3(C)CC[C@]2(C)[C@H]1C(C)C. The van der Waals surface area contributed by atoms with Crippen LogP contribution in [-0.2, 0) is 23.8 Å². The van der Waals surface area contributed by atoms with Gasteiger partial charge in [0, 0.05) is 23.8 Å². The molecule has 0 amide bonds. The molecule has 0 aromatic heterocycles. The first-order valence-electron chi connectivity index (χ1n) is 11.4. The Labute approximate surface area is 180 Å². The van der Waals surface area contributed by atoms with Gasteiger partial charge in [0.1, 0.15) is 0 Å². The fraction of sp³-hybridized carbons (Fsp3) is 0.760. The molecule has 0 N–H and O–H groups in total. The fourth-order valence-corrected chi connectivity index (χ4v) is 6.49. The van der Waals surface area contributed by atoms with Crippen LogP contribution in [0.25, 0.3) is 0 Å². The summed E-state index contributed by atoms with van der Waals surface area (Å²) in [6.07, 6.45) is 5.43. The van der Waals surface area contributed by atoms with Gasteiger partial charge >= 0.3 is 5.97 Å². The predicted octanol–water partition coefficient (Wildman–Crippen LogP) is 4.75. The maximum absolute atomic E-state index is 13.6. The highest BCUT2D eigenvalue weighted by Crippen LogP contribution is 2.59. The van der Waals surface area contributed by atoms with E-state index in [0.717, 1.165) is 31.3 Å². The molecule has 166 valence electrons. The third-order valence-electron chi connectivity index (χ3n) is 8.04. The van der Waals surface area contributed by atoms with Gasteiger partial charge in [-0.25, -0.2) is 0 Å². The zero-order valence-corrected chi connectivity index (χ0v) is 19.5.